The Kier molecular flexibility index (Phi) is 8.10. The molecule has 2 saturated heterocycles. The van der Waals surface area contributed by atoms with E-state index in [4.69, 9.17) is 0 Å². The van der Waals surface area contributed by atoms with Crippen LogP contribution >= 0.6 is 12.4 Å². The van der Waals surface area contributed by atoms with Crippen molar-refractivity contribution in [2.24, 2.45) is 5.92 Å². The van der Waals surface area contributed by atoms with Crippen LogP contribution in [0.15, 0.2) is 0 Å². The molecule has 0 aromatic rings. The third kappa shape index (κ3) is 5.68. The number of nitrogens with zero attached hydrogens (tertiary/aromatic N) is 1. The van der Waals surface area contributed by atoms with Crippen molar-refractivity contribution in [1.29, 1.82) is 0 Å². The Morgan fingerprint density at radius 3 is 2.64 bits per heavy atom. The van der Waals surface area contributed by atoms with Crippen LogP contribution in [0.3, 0.4) is 0 Å². The van der Waals surface area contributed by atoms with Gasteiger partial charge in [-0.1, -0.05) is 6.92 Å². The summed E-state index contributed by atoms with van der Waals surface area (Å²) in [4.78, 5) is 11.9. The predicted molar refractivity (Wildman–Crippen MR) is 89.7 cm³/mol. The van der Waals surface area contributed by atoms with E-state index in [1.165, 1.54) is 0 Å². The Hall–Kier alpha value is -0.370. The van der Waals surface area contributed by atoms with Gasteiger partial charge in [-0.2, -0.15) is 0 Å². The number of carbonyl (C=O) groups excluding carboxylic acids is 1. The number of rotatable bonds is 6. The van der Waals surface area contributed by atoms with Gasteiger partial charge in [-0.3, -0.25) is 4.79 Å². The normalized spacial score (nSPS) is 26.4. The smallest absolute Gasteiger partial charge is 0.220 e. The Morgan fingerprint density at radius 2 is 2.00 bits per heavy atom. The maximum Gasteiger partial charge on any atom is 0.220 e. The van der Waals surface area contributed by atoms with Crippen LogP contribution < -0.4 is 10.6 Å². The summed E-state index contributed by atoms with van der Waals surface area (Å²) in [7, 11) is -3.16. The molecule has 0 radical (unpaired) electrons. The quantitative estimate of drug-likeness (QED) is 0.737. The van der Waals surface area contributed by atoms with Crippen molar-refractivity contribution in [2.45, 2.75) is 45.1 Å². The highest BCUT2D eigenvalue weighted by molar-refractivity contribution is 7.89. The third-order valence-electron chi connectivity index (χ3n) is 4.44. The molecule has 0 aromatic heterocycles. The largest absolute Gasteiger partial charge is 0.352 e. The minimum atomic E-state index is -3.16. The molecule has 0 aliphatic carbocycles. The lowest BCUT2D eigenvalue weighted by Gasteiger charge is -2.30. The van der Waals surface area contributed by atoms with E-state index in [1.54, 1.807) is 4.31 Å². The van der Waals surface area contributed by atoms with Crippen LogP contribution in [-0.2, 0) is 14.8 Å². The van der Waals surface area contributed by atoms with E-state index in [2.05, 4.69) is 17.6 Å². The van der Waals surface area contributed by atoms with E-state index in [0.29, 0.717) is 25.4 Å². The van der Waals surface area contributed by atoms with Crippen LogP contribution in [0, 0.1) is 5.92 Å². The molecule has 2 N–H and O–H groups in total. The van der Waals surface area contributed by atoms with Crippen LogP contribution in [0.1, 0.15) is 39.0 Å². The van der Waals surface area contributed by atoms with Crippen LogP contribution in [0.2, 0.25) is 0 Å². The van der Waals surface area contributed by atoms with Gasteiger partial charge in [-0.25, -0.2) is 12.7 Å². The molecule has 2 heterocycles. The van der Waals surface area contributed by atoms with Gasteiger partial charge in [-0.05, 0) is 38.1 Å². The van der Waals surface area contributed by atoms with E-state index in [9.17, 15) is 13.2 Å². The number of carbonyl (C=O) groups is 1. The fourth-order valence-electron chi connectivity index (χ4n) is 2.97. The molecule has 2 atom stereocenters. The van der Waals surface area contributed by atoms with E-state index < -0.39 is 10.0 Å². The van der Waals surface area contributed by atoms with Gasteiger partial charge in [0.15, 0.2) is 0 Å². The monoisotopic (exact) mass is 353 g/mol. The van der Waals surface area contributed by atoms with Gasteiger partial charge >= 0.3 is 0 Å². The summed E-state index contributed by atoms with van der Waals surface area (Å²) in [5, 5.41) is 6.29. The molecule has 22 heavy (non-hydrogen) atoms. The van der Waals surface area contributed by atoms with Crippen LogP contribution in [0.5, 0.6) is 0 Å². The van der Waals surface area contributed by atoms with Crippen molar-refractivity contribution >= 4 is 28.3 Å². The van der Waals surface area contributed by atoms with Gasteiger partial charge in [0.1, 0.15) is 0 Å². The predicted octanol–water partition coefficient (Wildman–Crippen LogP) is 0.728. The molecule has 2 aliphatic heterocycles. The van der Waals surface area contributed by atoms with E-state index in [-0.39, 0.29) is 36.5 Å². The highest BCUT2D eigenvalue weighted by Crippen LogP contribution is 2.15. The van der Waals surface area contributed by atoms with Gasteiger partial charge in [-0.15, -0.1) is 12.4 Å². The second-order valence-corrected chi connectivity index (χ2v) is 8.26. The Balaban J connectivity index is 0.00000242. The zero-order valence-electron chi connectivity index (χ0n) is 13.2. The van der Waals surface area contributed by atoms with Crippen molar-refractivity contribution in [1.82, 2.24) is 14.9 Å². The summed E-state index contributed by atoms with van der Waals surface area (Å²) in [5.74, 6) is 0.523. The Labute approximate surface area is 139 Å². The molecular formula is C14H28ClN3O3S. The first kappa shape index (κ1) is 19.7. The van der Waals surface area contributed by atoms with Gasteiger partial charge in [0, 0.05) is 32.1 Å². The Bertz CT molecular complexity index is 452. The first-order valence-electron chi connectivity index (χ1n) is 7.97. The average molecular weight is 354 g/mol. The molecule has 2 rings (SSSR count). The first-order valence-corrected chi connectivity index (χ1v) is 9.58. The van der Waals surface area contributed by atoms with Crippen molar-refractivity contribution < 1.29 is 13.2 Å². The molecule has 0 aromatic carbocycles. The molecule has 0 bridgehead atoms. The van der Waals surface area contributed by atoms with Gasteiger partial charge < -0.3 is 10.6 Å². The summed E-state index contributed by atoms with van der Waals surface area (Å²) in [6, 6.07) is 0.168. The van der Waals surface area contributed by atoms with Crippen LogP contribution in [0.4, 0.5) is 0 Å². The maximum absolute atomic E-state index is 12.0. The number of piperidine rings is 1. The second-order valence-electron chi connectivity index (χ2n) is 6.17. The number of halogens is 1. The molecule has 8 heteroatoms. The molecule has 2 unspecified atom stereocenters. The van der Waals surface area contributed by atoms with Crippen molar-refractivity contribution in [3.05, 3.63) is 0 Å². The van der Waals surface area contributed by atoms with Gasteiger partial charge in [0.05, 0.1) is 5.75 Å². The third-order valence-corrected chi connectivity index (χ3v) is 6.40. The minimum absolute atomic E-state index is 0. The van der Waals surface area contributed by atoms with Gasteiger partial charge in [0.2, 0.25) is 15.9 Å². The highest BCUT2D eigenvalue weighted by atomic mass is 35.5. The molecule has 0 saturated carbocycles. The Morgan fingerprint density at radius 1 is 1.32 bits per heavy atom. The fraction of sp³-hybridized carbons (Fsp3) is 0.929. The molecule has 2 fully saturated rings. The number of sulfonamides is 1. The fourth-order valence-corrected chi connectivity index (χ4v) is 4.55. The van der Waals surface area contributed by atoms with E-state index in [1.807, 2.05) is 0 Å². The standard InChI is InChI=1S/C14H27N3O3S.ClH/c1-12-6-7-15-11-13(12)16-14(18)5-4-10-21(19,20)17-8-2-3-9-17;/h12-13,15H,2-11H2,1H3,(H,16,18);1H. The van der Waals surface area contributed by atoms with Crippen molar-refractivity contribution in [3.8, 4) is 0 Å². The molecular weight excluding hydrogens is 326 g/mol. The molecule has 130 valence electrons. The first-order chi connectivity index (χ1) is 9.99. The molecule has 2 aliphatic rings. The summed E-state index contributed by atoms with van der Waals surface area (Å²) >= 11 is 0. The molecule has 0 spiro atoms. The lowest BCUT2D eigenvalue weighted by molar-refractivity contribution is -0.122. The summed E-state index contributed by atoms with van der Waals surface area (Å²) in [6.45, 7) is 5.23. The number of amides is 1. The number of nitrogens with one attached hydrogen (secondary N) is 2. The summed E-state index contributed by atoms with van der Waals surface area (Å²) in [6.07, 6.45) is 3.66. The van der Waals surface area contributed by atoms with Crippen molar-refractivity contribution in [3.63, 3.8) is 0 Å². The molecule has 1 amide bonds. The minimum Gasteiger partial charge on any atom is -0.352 e. The lowest BCUT2D eigenvalue weighted by Crippen LogP contribution is -2.50. The zero-order valence-corrected chi connectivity index (χ0v) is 14.8. The zero-order chi connectivity index (χ0) is 15.3. The maximum atomic E-state index is 12.0. The van der Waals surface area contributed by atoms with Crippen LogP contribution in [-0.4, -0.2) is 56.6 Å². The van der Waals surface area contributed by atoms with Crippen LogP contribution in [0.25, 0.3) is 0 Å². The highest BCUT2D eigenvalue weighted by Gasteiger charge is 2.26. The lowest BCUT2D eigenvalue weighted by atomic mass is 9.95. The summed E-state index contributed by atoms with van der Waals surface area (Å²) in [5.41, 5.74) is 0. The van der Waals surface area contributed by atoms with E-state index in [0.717, 1.165) is 32.4 Å². The summed E-state index contributed by atoms with van der Waals surface area (Å²) < 4.78 is 25.6. The number of hydrogen-bond acceptors (Lipinski definition) is 4. The topological polar surface area (TPSA) is 78.5 Å². The molecule has 6 nitrogen and oxygen atoms in total. The second kappa shape index (κ2) is 9.05. The average Bonchev–Trinajstić information content (AvgIpc) is 2.96. The van der Waals surface area contributed by atoms with Crippen molar-refractivity contribution in [2.75, 3.05) is 31.9 Å². The van der Waals surface area contributed by atoms with E-state index >= 15 is 0 Å². The number of hydrogen-bond donors (Lipinski definition) is 2. The SMILES string of the molecule is CC1CCNCC1NC(=O)CCCS(=O)(=O)N1CCCC1.Cl. The van der Waals surface area contributed by atoms with Gasteiger partial charge in [0.25, 0.3) is 0 Å².